The van der Waals surface area contributed by atoms with Crippen molar-refractivity contribution in [2.45, 2.75) is 5.60 Å². The summed E-state index contributed by atoms with van der Waals surface area (Å²) in [5.41, 5.74) is 0.410. The van der Waals surface area contributed by atoms with Gasteiger partial charge in [0.15, 0.2) is 0 Å². The van der Waals surface area contributed by atoms with Gasteiger partial charge in [0.2, 0.25) is 0 Å². The van der Waals surface area contributed by atoms with Crippen LogP contribution in [-0.2, 0) is 5.60 Å². The van der Waals surface area contributed by atoms with E-state index >= 15 is 0 Å². The highest BCUT2D eigenvalue weighted by molar-refractivity contribution is 5.87. The van der Waals surface area contributed by atoms with Crippen molar-refractivity contribution >= 4 is 5.97 Å². The van der Waals surface area contributed by atoms with Crippen LogP contribution in [0.1, 0.15) is 21.5 Å². The van der Waals surface area contributed by atoms with Gasteiger partial charge in [-0.25, -0.2) is 4.79 Å². The monoisotopic (exact) mass is 336 g/mol. The van der Waals surface area contributed by atoms with E-state index in [1.54, 1.807) is 30.3 Å². The fraction of sp³-hybridized carbons (Fsp3) is 0.0952. The first-order valence-corrected chi connectivity index (χ1v) is 7.80. The predicted octanol–water partition coefficient (Wildman–Crippen LogP) is 3.30. The molecule has 0 saturated heterocycles. The van der Waals surface area contributed by atoms with Crippen molar-refractivity contribution in [2.24, 2.45) is 0 Å². The highest BCUT2D eigenvalue weighted by atomic mass is 16.4. The van der Waals surface area contributed by atoms with Crippen LogP contribution in [0, 0.1) is 0 Å². The molecule has 0 aromatic heterocycles. The molecule has 0 aliphatic rings. The highest BCUT2D eigenvalue weighted by Gasteiger charge is 2.30. The molecule has 3 aromatic carbocycles. The van der Waals surface area contributed by atoms with E-state index in [-0.39, 0.29) is 6.61 Å². The lowest BCUT2D eigenvalue weighted by molar-refractivity contribution is 0.0173. The van der Waals surface area contributed by atoms with Gasteiger partial charge in [-0.2, -0.15) is 0 Å². The second-order valence-corrected chi connectivity index (χ2v) is 5.42. The maximum absolute atomic E-state index is 10.5. The number of hydrogen-bond acceptors (Lipinski definition) is 3. The Kier molecular flexibility index (Phi) is 6.46. The van der Waals surface area contributed by atoms with Crippen molar-refractivity contribution in [3.05, 3.63) is 108 Å². The van der Waals surface area contributed by atoms with Gasteiger partial charge in [0.05, 0.1) is 12.2 Å². The average molecular weight is 336 g/mol. The van der Waals surface area contributed by atoms with Crippen molar-refractivity contribution in [1.82, 2.24) is 0 Å². The fourth-order valence-corrected chi connectivity index (χ4v) is 2.36. The average Bonchev–Trinajstić information content (AvgIpc) is 2.70. The molecule has 3 N–H and O–H groups in total. The van der Waals surface area contributed by atoms with Crippen molar-refractivity contribution in [3.8, 4) is 0 Å². The summed E-state index contributed by atoms with van der Waals surface area (Å²) < 4.78 is 0. The van der Waals surface area contributed by atoms with E-state index in [4.69, 9.17) is 5.11 Å². The molecular formula is C21H20O4. The molecule has 0 amide bonds. The quantitative estimate of drug-likeness (QED) is 0.683. The summed E-state index contributed by atoms with van der Waals surface area (Å²) in [6.07, 6.45) is 0. The summed E-state index contributed by atoms with van der Waals surface area (Å²) in [6, 6.07) is 26.7. The largest absolute Gasteiger partial charge is 0.478 e. The molecule has 3 rings (SSSR count). The van der Waals surface area contributed by atoms with E-state index in [1.807, 2.05) is 60.7 Å². The van der Waals surface area contributed by atoms with Gasteiger partial charge in [0.1, 0.15) is 5.60 Å². The Bertz CT molecular complexity index is 731. The predicted molar refractivity (Wildman–Crippen MR) is 96.4 cm³/mol. The van der Waals surface area contributed by atoms with Gasteiger partial charge in [-0.05, 0) is 23.3 Å². The molecule has 0 heterocycles. The van der Waals surface area contributed by atoms with Crippen LogP contribution in [-0.4, -0.2) is 27.9 Å². The second kappa shape index (κ2) is 8.78. The van der Waals surface area contributed by atoms with E-state index in [2.05, 4.69) is 0 Å². The number of aliphatic hydroxyl groups excluding tert-OH is 1. The summed E-state index contributed by atoms with van der Waals surface area (Å²) in [6.45, 7) is -0.332. The number of rotatable bonds is 4. The Morgan fingerprint density at radius 3 is 1.36 bits per heavy atom. The molecule has 0 spiro atoms. The maximum atomic E-state index is 10.5. The number of aromatic carboxylic acids is 1. The highest BCUT2D eigenvalue weighted by Crippen LogP contribution is 2.28. The Hall–Kier alpha value is -2.95. The molecule has 0 unspecified atom stereocenters. The van der Waals surface area contributed by atoms with Crippen LogP contribution in [0.15, 0.2) is 91.0 Å². The van der Waals surface area contributed by atoms with Crippen LogP contribution in [0.5, 0.6) is 0 Å². The molecule has 0 radical (unpaired) electrons. The molecule has 25 heavy (non-hydrogen) atoms. The first-order chi connectivity index (χ1) is 12.1. The fourth-order valence-electron chi connectivity index (χ4n) is 2.36. The molecular weight excluding hydrogens is 316 g/mol. The summed E-state index contributed by atoms with van der Waals surface area (Å²) in [5, 5.41) is 28.3. The Balaban J connectivity index is 0.000000212. The van der Waals surface area contributed by atoms with Crippen LogP contribution in [0.25, 0.3) is 0 Å². The van der Waals surface area contributed by atoms with Crippen molar-refractivity contribution in [2.75, 3.05) is 6.61 Å². The van der Waals surface area contributed by atoms with Gasteiger partial charge in [-0.1, -0.05) is 78.9 Å². The molecule has 0 bridgehead atoms. The number of aliphatic hydroxyl groups is 2. The molecule has 128 valence electrons. The second-order valence-electron chi connectivity index (χ2n) is 5.42. The zero-order valence-corrected chi connectivity index (χ0v) is 13.6. The van der Waals surface area contributed by atoms with Crippen LogP contribution >= 0.6 is 0 Å². The van der Waals surface area contributed by atoms with Crippen LogP contribution in [0.2, 0.25) is 0 Å². The zero-order valence-electron chi connectivity index (χ0n) is 13.6. The topological polar surface area (TPSA) is 77.8 Å². The van der Waals surface area contributed by atoms with E-state index in [0.717, 1.165) is 0 Å². The molecule has 0 atom stereocenters. The van der Waals surface area contributed by atoms with E-state index in [0.29, 0.717) is 16.7 Å². The van der Waals surface area contributed by atoms with Gasteiger partial charge < -0.3 is 15.3 Å². The lowest BCUT2D eigenvalue weighted by Crippen LogP contribution is -2.31. The summed E-state index contributed by atoms with van der Waals surface area (Å²) in [5.74, 6) is -0.879. The molecule has 0 aliphatic carbocycles. The molecule has 3 aromatic rings. The summed E-state index contributed by atoms with van der Waals surface area (Å²) >= 11 is 0. The van der Waals surface area contributed by atoms with Gasteiger partial charge in [-0.15, -0.1) is 0 Å². The molecule has 0 fully saturated rings. The standard InChI is InChI=1S/C14H14O2.C7H6O2/c15-11-14(16,12-7-3-1-4-8-12)13-9-5-2-6-10-13;8-7(9)6-4-2-1-3-5-6/h1-10,15-16H,11H2;1-5H,(H,8,9). The van der Waals surface area contributed by atoms with Gasteiger partial charge in [0.25, 0.3) is 0 Å². The van der Waals surface area contributed by atoms with Gasteiger partial charge in [0, 0.05) is 0 Å². The normalized spacial score (nSPS) is 10.5. The Morgan fingerprint density at radius 1 is 0.720 bits per heavy atom. The minimum Gasteiger partial charge on any atom is -0.478 e. The maximum Gasteiger partial charge on any atom is 0.335 e. The van der Waals surface area contributed by atoms with Crippen LogP contribution < -0.4 is 0 Å². The van der Waals surface area contributed by atoms with Crippen LogP contribution in [0.3, 0.4) is 0 Å². The summed E-state index contributed by atoms with van der Waals surface area (Å²) in [7, 11) is 0. The molecule has 0 aliphatic heterocycles. The third-order valence-corrected chi connectivity index (χ3v) is 3.75. The Morgan fingerprint density at radius 2 is 1.08 bits per heavy atom. The van der Waals surface area contributed by atoms with E-state index < -0.39 is 11.6 Å². The van der Waals surface area contributed by atoms with E-state index in [1.165, 1.54) is 0 Å². The third kappa shape index (κ3) is 4.76. The van der Waals surface area contributed by atoms with Gasteiger partial charge >= 0.3 is 5.97 Å². The zero-order chi connectivity index (χ0) is 18.1. The lowest BCUT2D eigenvalue weighted by Gasteiger charge is -2.26. The molecule has 4 nitrogen and oxygen atoms in total. The van der Waals surface area contributed by atoms with Gasteiger partial charge in [-0.3, -0.25) is 0 Å². The first kappa shape index (κ1) is 18.4. The molecule has 0 saturated carbocycles. The lowest BCUT2D eigenvalue weighted by atomic mass is 9.87. The van der Waals surface area contributed by atoms with Crippen LogP contribution in [0.4, 0.5) is 0 Å². The smallest absolute Gasteiger partial charge is 0.335 e. The number of carboxylic acids is 1. The number of benzene rings is 3. The number of carboxylic acid groups (broad SMARTS) is 1. The van der Waals surface area contributed by atoms with Crippen molar-refractivity contribution in [1.29, 1.82) is 0 Å². The minimum atomic E-state index is -1.32. The summed E-state index contributed by atoms with van der Waals surface area (Å²) in [4.78, 5) is 10.2. The number of carbonyl (C=O) groups is 1. The Labute approximate surface area is 146 Å². The first-order valence-electron chi connectivity index (χ1n) is 7.80. The van der Waals surface area contributed by atoms with Crippen molar-refractivity contribution in [3.63, 3.8) is 0 Å². The molecule has 4 heteroatoms. The minimum absolute atomic E-state index is 0.331. The van der Waals surface area contributed by atoms with E-state index in [9.17, 15) is 15.0 Å². The van der Waals surface area contributed by atoms with Crippen molar-refractivity contribution < 1.29 is 20.1 Å². The third-order valence-electron chi connectivity index (χ3n) is 3.75. The SMILES string of the molecule is O=C(O)c1ccccc1.OCC(O)(c1ccccc1)c1ccccc1. The number of hydrogen-bond donors (Lipinski definition) is 3.